The molecule has 0 bridgehead atoms. The number of nitrogens with one attached hydrogen (secondary N) is 1. The van der Waals surface area contributed by atoms with Crippen LogP contribution in [0, 0.1) is 0 Å². The summed E-state index contributed by atoms with van der Waals surface area (Å²) in [6.45, 7) is 0.336. The van der Waals surface area contributed by atoms with E-state index in [1.807, 2.05) is 70.7 Å². The van der Waals surface area contributed by atoms with Gasteiger partial charge in [-0.05, 0) is 35.7 Å². The van der Waals surface area contributed by atoms with Gasteiger partial charge in [0.15, 0.2) is 0 Å². The molecule has 0 radical (unpaired) electrons. The van der Waals surface area contributed by atoms with E-state index in [9.17, 15) is 4.79 Å². The number of hydrogen-bond donors (Lipinski definition) is 1. The highest BCUT2D eigenvalue weighted by Gasteiger charge is 2.12. The van der Waals surface area contributed by atoms with Crippen LogP contribution >= 0.6 is 11.3 Å². The van der Waals surface area contributed by atoms with Gasteiger partial charge in [0.1, 0.15) is 18.0 Å². The number of benzene rings is 1. The Morgan fingerprint density at radius 1 is 1.12 bits per heavy atom. The van der Waals surface area contributed by atoms with E-state index in [2.05, 4.69) is 20.4 Å². The zero-order valence-electron chi connectivity index (χ0n) is 17.0. The molecule has 0 unspecified atom stereocenters. The van der Waals surface area contributed by atoms with Crippen molar-refractivity contribution in [2.45, 2.75) is 19.4 Å². The molecule has 32 heavy (non-hydrogen) atoms. The SMILES string of the molecule is O=C(CCc1nc(-c2cccs2)no1)Nc1cccc(OCc2cn3ccccc3n2)c1. The largest absolute Gasteiger partial charge is 0.487 e. The molecule has 1 N–H and O–H groups in total. The highest BCUT2D eigenvalue weighted by atomic mass is 32.1. The minimum atomic E-state index is -0.140. The lowest BCUT2D eigenvalue weighted by molar-refractivity contribution is -0.116. The second-order valence-electron chi connectivity index (χ2n) is 7.05. The molecule has 1 amide bonds. The monoisotopic (exact) mass is 445 g/mol. The molecule has 4 aromatic heterocycles. The summed E-state index contributed by atoms with van der Waals surface area (Å²) in [6, 6.07) is 17.0. The average Bonchev–Trinajstić information content (AvgIpc) is 3.57. The summed E-state index contributed by atoms with van der Waals surface area (Å²) >= 11 is 1.54. The quantitative estimate of drug-likeness (QED) is 0.375. The predicted octanol–water partition coefficient (Wildman–Crippen LogP) is 4.60. The summed E-state index contributed by atoms with van der Waals surface area (Å²) in [5.74, 6) is 1.50. The minimum Gasteiger partial charge on any atom is -0.487 e. The van der Waals surface area contributed by atoms with Crippen molar-refractivity contribution in [2.24, 2.45) is 0 Å². The van der Waals surface area contributed by atoms with Crippen LogP contribution in [-0.2, 0) is 17.8 Å². The molecule has 0 aliphatic carbocycles. The third-order valence-corrected chi connectivity index (χ3v) is 5.56. The van der Waals surface area contributed by atoms with Crippen molar-refractivity contribution in [2.75, 3.05) is 5.32 Å². The fraction of sp³-hybridized carbons (Fsp3) is 0.130. The number of anilines is 1. The number of rotatable bonds is 8. The Kier molecular flexibility index (Phi) is 5.63. The van der Waals surface area contributed by atoms with Gasteiger partial charge in [0, 0.05) is 37.0 Å². The zero-order chi connectivity index (χ0) is 21.8. The molecule has 0 saturated heterocycles. The third kappa shape index (κ3) is 4.68. The van der Waals surface area contributed by atoms with Crippen LogP contribution in [0.4, 0.5) is 5.69 Å². The normalized spacial score (nSPS) is 11.0. The third-order valence-electron chi connectivity index (χ3n) is 4.69. The number of nitrogens with zero attached hydrogens (tertiary/aromatic N) is 4. The van der Waals surface area contributed by atoms with Gasteiger partial charge in [0.05, 0.1) is 10.6 Å². The standard InChI is InChI=1S/C23H19N5O3S/c29-21(9-10-22-26-23(27-31-22)19-7-4-12-32-19)25-16-5-3-6-18(13-16)30-15-17-14-28-11-2-1-8-20(28)24-17/h1-8,11-14H,9-10,15H2,(H,25,29). The molecule has 5 rings (SSSR count). The molecule has 0 aliphatic rings. The molecule has 0 fully saturated rings. The van der Waals surface area contributed by atoms with Gasteiger partial charge in [-0.2, -0.15) is 4.98 Å². The van der Waals surface area contributed by atoms with Gasteiger partial charge in [-0.3, -0.25) is 4.79 Å². The van der Waals surface area contributed by atoms with Crippen molar-refractivity contribution in [3.05, 3.63) is 84.0 Å². The Hall–Kier alpha value is -3.98. The first-order chi connectivity index (χ1) is 15.7. The van der Waals surface area contributed by atoms with Crippen molar-refractivity contribution in [3.8, 4) is 16.5 Å². The first kappa shape index (κ1) is 20.0. The van der Waals surface area contributed by atoms with Crippen LogP contribution in [0.1, 0.15) is 18.0 Å². The smallest absolute Gasteiger partial charge is 0.227 e. The molecule has 8 nitrogen and oxygen atoms in total. The Morgan fingerprint density at radius 2 is 2.09 bits per heavy atom. The van der Waals surface area contributed by atoms with Gasteiger partial charge < -0.3 is 19.0 Å². The number of amides is 1. The minimum absolute atomic E-state index is 0.140. The number of thiophene rings is 1. The molecule has 0 saturated carbocycles. The average molecular weight is 446 g/mol. The molecule has 0 spiro atoms. The maximum Gasteiger partial charge on any atom is 0.227 e. The van der Waals surface area contributed by atoms with Gasteiger partial charge in [-0.15, -0.1) is 11.3 Å². The van der Waals surface area contributed by atoms with E-state index >= 15 is 0 Å². The fourth-order valence-electron chi connectivity index (χ4n) is 3.18. The van der Waals surface area contributed by atoms with Gasteiger partial charge in [0.25, 0.3) is 0 Å². The van der Waals surface area contributed by atoms with Crippen molar-refractivity contribution in [3.63, 3.8) is 0 Å². The van der Waals surface area contributed by atoms with Crippen molar-refractivity contribution >= 4 is 28.6 Å². The molecule has 1 aromatic carbocycles. The second-order valence-corrected chi connectivity index (χ2v) is 8.00. The van der Waals surface area contributed by atoms with Crippen LogP contribution < -0.4 is 10.1 Å². The predicted molar refractivity (Wildman–Crippen MR) is 121 cm³/mol. The van der Waals surface area contributed by atoms with Crippen LogP contribution in [-0.4, -0.2) is 25.4 Å². The molecule has 0 aliphatic heterocycles. The summed E-state index contributed by atoms with van der Waals surface area (Å²) in [7, 11) is 0. The number of carbonyl (C=O) groups is 1. The number of imidazole rings is 1. The van der Waals surface area contributed by atoms with E-state index in [1.165, 1.54) is 11.3 Å². The van der Waals surface area contributed by atoms with Crippen LogP contribution in [0.5, 0.6) is 5.75 Å². The van der Waals surface area contributed by atoms with Crippen LogP contribution in [0.3, 0.4) is 0 Å². The first-order valence-electron chi connectivity index (χ1n) is 10.0. The number of carbonyl (C=O) groups excluding carboxylic acids is 1. The van der Waals surface area contributed by atoms with Crippen LogP contribution in [0.25, 0.3) is 16.3 Å². The van der Waals surface area contributed by atoms with Gasteiger partial charge >= 0.3 is 0 Å². The maximum absolute atomic E-state index is 12.4. The molecule has 0 atom stereocenters. The van der Waals surface area contributed by atoms with E-state index in [1.54, 1.807) is 6.07 Å². The molecular weight excluding hydrogens is 426 g/mol. The van der Waals surface area contributed by atoms with Gasteiger partial charge in [0.2, 0.25) is 17.6 Å². The maximum atomic E-state index is 12.4. The van der Waals surface area contributed by atoms with Gasteiger partial charge in [-0.25, -0.2) is 4.98 Å². The Morgan fingerprint density at radius 3 is 2.97 bits per heavy atom. The Balaban J connectivity index is 1.14. The number of ether oxygens (including phenoxy) is 1. The van der Waals surface area contributed by atoms with Crippen molar-refractivity contribution < 1.29 is 14.1 Å². The lowest BCUT2D eigenvalue weighted by Crippen LogP contribution is -2.12. The summed E-state index contributed by atoms with van der Waals surface area (Å²) in [4.78, 5) is 22.2. The molecule has 9 heteroatoms. The van der Waals surface area contributed by atoms with Crippen molar-refractivity contribution in [1.29, 1.82) is 0 Å². The lowest BCUT2D eigenvalue weighted by Gasteiger charge is -2.08. The summed E-state index contributed by atoms with van der Waals surface area (Å²) in [5.41, 5.74) is 2.36. The highest BCUT2D eigenvalue weighted by Crippen LogP contribution is 2.22. The van der Waals surface area contributed by atoms with E-state index < -0.39 is 0 Å². The number of pyridine rings is 1. The van der Waals surface area contributed by atoms with Crippen LogP contribution in [0.15, 0.2) is 76.9 Å². The van der Waals surface area contributed by atoms with Crippen molar-refractivity contribution in [1.82, 2.24) is 19.5 Å². The molecular formula is C23H19N5O3S. The van der Waals surface area contributed by atoms with E-state index in [0.29, 0.717) is 36.2 Å². The lowest BCUT2D eigenvalue weighted by atomic mass is 10.2. The van der Waals surface area contributed by atoms with E-state index in [4.69, 9.17) is 9.26 Å². The molecule has 160 valence electrons. The molecule has 5 aromatic rings. The number of hydrogen-bond acceptors (Lipinski definition) is 7. The first-order valence-corrected chi connectivity index (χ1v) is 10.9. The Bertz CT molecular complexity index is 1310. The second kappa shape index (κ2) is 9.03. The topological polar surface area (TPSA) is 94.5 Å². The Labute approximate surface area is 187 Å². The number of aromatic nitrogens is 4. The number of aryl methyl sites for hydroxylation is 1. The fourth-order valence-corrected chi connectivity index (χ4v) is 3.83. The zero-order valence-corrected chi connectivity index (χ0v) is 17.8. The number of fused-ring (bicyclic) bond motifs is 1. The molecule has 4 heterocycles. The van der Waals surface area contributed by atoms with E-state index in [-0.39, 0.29) is 12.3 Å². The summed E-state index contributed by atoms with van der Waals surface area (Å²) < 4.78 is 13.0. The summed E-state index contributed by atoms with van der Waals surface area (Å²) in [6.07, 6.45) is 4.48. The highest BCUT2D eigenvalue weighted by molar-refractivity contribution is 7.13. The van der Waals surface area contributed by atoms with Gasteiger partial charge in [-0.1, -0.05) is 23.4 Å². The van der Waals surface area contributed by atoms with E-state index in [0.717, 1.165) is 16.2 Å². The van der Waals surface area contributed by atoms with Crippen LogP contribution in [0.2, 0.25) is 0 Å². The summed E-state index contributed by atoms with van der Waals surface area (Å²) in [5, 5.41) is 8.79.